The second-order valence-electron chi connectivity index (χ2n) is 6.83. The lowest BCUT2D eigenvalue weighted by Gasteiger charge is -2.36. The molecule has 0 aromatic heterocycles. The van der Waals surface area contributed by atoms with Crippen LogP contribution in [0, 0.1) is 21.8 Å². The smallest absolute Gasteiger partial charge is 0.289 e. The molecule has 3 N–H and O–H groups in total. The fraction of sp³-hybridized carbons (Fsp3) is 0.278. The molecule has 11 heteroatoms. The third-order valence-electron chi connectivity index (χ3n) is 4.90. The highest BCUT2D eigenvalue weighted by Crippen LogP contribution is 2.41. The van der Waals surface area contributed by atoms with Crippen LogP contribution in [0.5, 0.6) is 0 Å². The van der Waals surface area contributed by atoms with Crippen molar-refractivity contribution in [2.24, 2.45) is 16.6 Å². The van der Waals surface area contributed by atoms with E-state index in [-0.39, 0.29) is 17.2 Å². The lowest BCUT2D eigenvalue weighted by atomic mass is 9.81. The third kappa shape index (κ3) is 4.06. The minimum atomic E-state index is -4.27. The summed E-state index contributed by atoms with van der Waals surface area (Å²) in [6, 6.07) is 8.74. The summed E-state index contributed by atoms with van der Waals surface area (Å²) in [5.74, 6) is 0.0325. The van der Waals surface area contributed by atoms with Crippen LogP contribution in [0.1, 0.15) is 19.4 Å². The summed E-state index contributed by atoms with van der Waals surface area (Å²) in [4.78, 5) is 14.3. The zero-order valence-electron chi connectivity index (χ0n) is 15.6. The van der Waals surface area contributed by atoms with E-state index < -0.39 is 36.9 Å². The van der Waals surface area contributed by atoms with Gasteiger partial charge in [0.05, 0.1) is 10.5 Å². The molecule has 8 nitrogen and oxygen atoms in total. The van der Waals surface area contributed by atoms with E-state index >= 15 is 0 Å². The second-order valence-corrected chi connectivity index (χ2v) is 9.53. The van der Waals surface area contributed by atoms with Gasteiger partial charge < -0.3 is 5.73 Å². The molecule has 2 atom stereocenters. The molecule has 2 aromatic carbocycles. The van der Waals surface area contributed by atoms with Gasteiger partial charge in [-0.15, -0.1) is 0 Å². The fourth-order valence-corrected chi connectivity index (χ4v) is 5.31. The van der Waals surface area contributed by atoms with E-state index in [4.69, 9.17) is 5.73 Å². The van der Waals surface area contributed by atoms with E-state index in [0.717, 1.165) is 18.2 Å². The molecule has 0 saturated carbocycles. The molecule has 0 amide bonds. The van der Waals surface area contributed by atoms with Crippen LogP contribution in [0.4, 0.5) is 15.8 Å². The van der Waals surface area contributed by atoms with Gasteiger partial charge in [-0.2, -0.15) is 0 Å². The van der Waals surface area contributed by atoms with Crippen LogP contribution >= 0.6 is 11.8 Å². The van der Waals surface area contributed by atoms with Crippen molar-refractivity contribution in [2.45, 2.75) is 24.3 Å². The van der Waals surface area contributed by atoms with Crippen molar-refractivity contribution in [3.63, 3.8) is 0 Å². The van der Waals surface area contributed by atoms with Crippen molar-refractivity contribution in [2.75, 3.05) is 10.5 Å². The van der Waals surface area contributed by atoms with Gasteiger partial charge >= 0.3 is 0 Å². The topological polar surface area (TPSA) is 128 Å². The number of nitro groups is 1. The Labute approximate surface area is 171 Å². The molecule has 3 rings (SSSR count). The van der Waals surface area contributed by atoms with Crippen molar-refractivity contribution in [1.29, 1.82) is 0 Å². The van der Waals surface area contributed by atoms with Crippen LogP contribution in [0.25, 0.3) is 0 Å². The van der Waals surface area contributed by atoms with Crippen molar-refractivity contribution in [3.8, 4) is 0 Å². The lowest BCUT2D eigenvalue weighted by Crippen LogP contribution is -2.37. The molecule has 2 aromatic rings. The summed E-state index contributed by atoms with van der Waals surface area (Å²) in [5, 5.41) is 11.5. The summed E-state index contributed by atoms with van der Waals surface area (Å²) in [7, 11) is -4.27. The first kappa shape index (κ1) is 21.1. The highest BCUT2D eigenvalue weighted by atomic mass is 32.2. The number of rotatable bonds is 5. The Bertz CT molecular complexity index is 1110. The van der Waals surface area contributed by atoms with Crippen LogP contribution in [0.3, 0.4) is 0 Å². The highest BCUT2D eigenvalue weighted by molar-refractivity contribution is 8.13. The quantitative estimate of drug-likeness (QED) is 0.544. The zero-order chi connectivity index (χ0) is 21.4. The summed E-state index contributed by atoms with van der Waals surface area (Å²) in [5.41, 5.74) is 4.57. The minimum absolute atomic E-state index is 0.0589. The maximum Gasteiger partial charge on any atom is 0.289 e. The Hall–Kier alpha value is -2.66. The largest absolute Gasteiger partial charge is 0.379 e. The maximum atomic E-state index is 14.6. The van der Waals surface area contributed by atoms with Gasteiger partial charge in [0.1, 0.15) is 5.82 Å². The maximum absolute atomic E-state index is 14.6. The third-order valence-corrected chi connectivity index (χ3v) is 7.38. The molecular weight excluding hydrogens is 419 g/mol. The molecular formula is C18H19FN4O4S2. The number of hydrogen-bond acceptors (Lipinski definition) is 7. The van der Waals surface area contributed by atoms with Crippen LogP contribution < -0.4 is 10.5 Å². The SMILES string of the molecule is C[C@H]1CSC(N)=N[C@]1(C)c1cc(NS(=O)(=O)c2ccccc2[N+](=O)[O-])ccc1F. The number of nitrogens with one attached hydrogen (secondary N) is 1. The van der Waals surface area contributed by atoms with E-state index in [9.17, 15) is 22.9 Å². The number of halogens is 1. The van der Waals surface area contributed by atoms with E-state index in [1.807, 2.05) is 6.92 Å². The Morgan fingerprint density at radius 2 is 2.03 bits per heavy atom. The fourth-order valence-electron chi connectivity index (χ4n) is 3.09. The summed E-state index contributed by atoms with van der Waals surface area (Å²) < 4.78 is 42.4. The molecule has 1 aliphatic heterocycles. The molecule has 0 fully saturated rings. The number of sulfonamides is 1. The molecule has 0 radical (unpaired) electrons. The Balaban J connectivity index is 2.03. The lowest BCUT2D eigenvalue weighted by molar-refractivity contribution is -0.387. The predicted molar refractivity (Wildman–Crippen MR) is 111 cm³/mol. The van der Waals surface area contributed by atoms with Gasteiger partial charge in [-0.3, -0.25) is 19.8 Å². The molecule has 0 bridgehead atoms. The number of benzene rings is 2. The van der Waals surface area contributed by atoms with Gasteiger partial charge in [0.25, 0.3) is 15.7 Å². The van der Waals surface area contributed by atoms with Gasteiger partial charge in [-0.05, 0) is 37.1 Å². The number of aliphatic imine (C=N–C) groups is 1. The molecule has 29 heavy (non-hydrogen) atoms. The normalized spacial score (nSPS) is 22.0. The molecule has 0 aliphatic carbocycles. The monoisotopic (exact) mass is 438 g/mol. The summed E-state index contributed by atoms with van der Waals surface area (Å²) in [6.45, 7) is 3.65. The Kier molecular flexibility index (Phi) is 5.54. The van der Waals surface area contributed by atoms with Gasteiger partial charge in [0, 0.05) is 23.1 Å². The van der Waals surface area contributed by atoms with Crippen molar-refractivity contribution in [3.05, 3.63) is 64.0 Å². The molecule has 0 unspecified atom stereocenters. The first-order chi connectivity index (χ1) is 13.5. The number of nitrogens with zero attached hydrogens (tertiary/aromatic N) is 2. The number of para-hydroxylation sites is 1. The van der Waals surface area contributed by atoms with Gasteiger partial charge in [0.2, 0.25) is 0 Å². The number of anilines is 1. The highest BCUT2D eigenvalue weighted by Gasteiger charge is 2.38. The number of amidine groups is 1. The second kappa shape index (κ2) is 7.64. The van der Waals surface area contributed by atoms with Gasteiger partial charge in [0.15, 0.2) is 10.1 Å². The van der Waals surface area contributed by atoms with Crippen LogP contribution in [-0.4, -0.2) is 24.3 Å². The first-order valence-electron chi connectivity index (χ1n) is 8.59. The molecule has 1 aliphatic rings. The number of nitro benzene ring substituents is 1. The molecule has 0 spiro atoms. The number of nitrogens with two attached hydrogens (primary N) is 1. The summed E-state index contributed by atoms with van der Waals surface area (Å²) in [6.07, 6.45) is 0. The summed E-state index contributed by atoms with van der Waals surface area (Å²) >= 11 is 1.37. The molecule has 154 valence electrons. The average molecular weight is 439 g/mol. The van der Waals surface area contributed by atoms with E-state index in [0.29, 0.717) is 10.9 Å². The zero-order valence-corrected chi connectivity index (χ0v) is 17.3. The predicted octanol–water partition coefficient (Wildman–Crippen LogP) is 3.45. The molecule has 1 heterocycles. The van der Waals surface area contributed by atoms with E-state index in [1.54, 1.807) is 6.92 Å². The average Bonchev–Trinajstić information content (AvgIpc) is 2.66. The standard InChI is InChI=1S/C18H19FN4O4S2/c1-11-10-28-17(20)21-18(11,2)13-9-12(7-8-14(13)19)22-29(26,27)16-6-4-3-5-15(16)23(24)25/h3-9,11,22H,10H2,1-2H3,(H2,20,21)/t11-,18-/m0/s1. The molecule has 0 saturated heterocycles. The van der Waals surface area contributed by atoms with Crippen molar-refractivity contribution in [1.82, 2.24) is 0 Å². The Morgan fingerprint density at radius 1 is 1.34 bits per heavy atom. The van der Waals surface area contributed by atoms with Crippen LogP contribution in [0.15, 0.2) is 52.4 Å². The van der Waals surface area contributed by atoms with Crippen molar-refractivity contribution < 1.29 is 17.7 Å². The van der Waals surface area contributed by atoms with Crippen LogP contribution in [0.2, 0.25) is 0 Å². The van der Waals surface area contributed by atoms with Gasteiger partial charge in [-0.25, -0.2) is 12.8 Å². The number of thioether (sulfide) groups is 1. The van der Waals surface area contributed by atoms with Gasteiger partial charge in [-0.1, -0.05) is 30.8 Å². The first-order valence-corrected chi connectivity index (χ1v) is 11.1. The minimum Gasteiger partial charge on any atom is -0.379 e. The van der Waals surface area contributed by atoms with E-state index in [2.05, 4.69) is 9.71 Å². The number of hydrogen-bond donors (Lipinski definition) is 2. The van der Waals surface area contributed by atoms with E-state index in [1.165, 1.54) is 36.0 Å². The Morgan fingerprint density at radius 3 is 2.72 bits per heavy atom. The van der Waals surface area contributed by atoms with Crippen LogP contribution in [-0.2, 0) is 15.6 Å². The van der Waals surface area contributed by atoms with Crippen molar-refractivity contribution >= 4 is 38.3 Å².